The molecule has 0 unspecified atom stereocenters. The standard InChI is InChI=1S/C9H17N5O/c1-3-7-11-8(4-2)14(13-7)6-5-9(15)12-10/h3-6,10H2,1-2H3,(H,12,15). The van der Waals surface area contributed by atoms with Crippen molar-refractivity contribution >= 4 is 5.91 Å². The van der Waals surface area contributed by atoms with Gasteiger partial charge in [0.25, 0.3) is 0 Å². The van der Waals surface area contributed by atoms with Crippen molar-refractivity contribution in [3.63, 3.8) is 0 Å². The number of nitrogens with two attached hydrogens (primary N) is 1. The average molecular weight is 211 g/mol. The second-order valence-corrected chi connectivity index (χ2v) is 3.19. The van der Waals surface area contributed by atoms with Gasteiger partial charge in [-0.05, 0) is 0 Å². The van der Waals surface area contributed by atoms with Crippen molar-refractivity contribution in [2.24, 2.45) is 5.84 Å². The lowest BCUT2D eigenvalue weighted by atomic mass is 10.4. The van der Waals surface area contributed by atoms with E-state index in [1.165, 1.54) is 0 Å². The maximum Gasteiger partial charge on any atom is 0.235 e. The molecule has 1 aromatic heterocycles. The van der Waals surface area contributed by atoms with Crippen molar-refractivity contribution in [3.05, 3.63) is 11.6 Å². The summed E-state index contributed by atoms with van der Waals surface area (Å²) in [7, 11) is 0. The normalized spacial score (nSPS) is 10.3. The molecular weight excluding hydrogens is 194 g/mol. The van der Waals surface area contributed by atoms with Crippen LogP contribution in [0.15, 0.2) is 0 Å². The van der Waals surface area contributed by atoms with E-state index in [-0.39, 0.29) is 5.91 Å². The van der Waals surface area contributed by atoms with Crippen LogP contribution < -0.4 is 11.3 Å². The van der Waals surface area contributed by atoms with E-state index >= 15 is 0 Å². The number of nitrogens with zero attached hydrogens (tertiary/aromatic N) is 3. The molecule has 0 bridgehead atoms. The number of rotatable bonds is 5. The van der Waals surface area contributed by atoms with E-state index in [0.717, 1.165) is 24.5 Å². The molecule has 0 fully saturated rings. The van der Waals surface area contributed by atoms with Gasteiger partial charge in [0.15, 0.2) is 5.82 Å². The van der Waals surface area contributed by atoms with Crippen LogP contribution in [0.3, 0.4) is 0 Å². The van der Waals surface area contributed by atoms with Crippen molar-refractivity contribution in [2.45, 2.75) is 39.7 Å². The molecule has 0 saturated heterocycles. The van der Waals surface area contributed by atoms with Gasteiger partial charge < -0.3 is 0 Å². The molecule has 0 radical (unpaired) electrons. The third kappa shape index (κ3) is 3.02. The summed E-state index contributed by atoms with van der Waals surface area (Å²) in [4.78, 5) is 15.3. The van der Waals surface area contributed by atoms with Crippen LogP contribution in [0.2, 0.25) is 0 Å². The predicted molar refractivity (Wildman–Crippen MR) is 55.7 cm³/mol. The van der Waals surface area contributed by atoms with Crippen molar-refractivity contribution < 1.29 is 4.79 Å². The topological polar surface area (TPSA) is 85.8 Å². The number of nitrogens with one attached hydrogen (secondary N) is 1. The summed E-state index contributed by atoms with van der Waals surface area (Å²) >= 11 is 0. The van der Waals surface area contributed by atoms with E-state index in [1.807, 2.05) is 13.8 Å². The van der Waals surface area contributed by atoms with Crippen LogP contribution in [0.1, 0.15) is 31.9 Å². The minimum atomic E-state index is -0.189. The van der Waals surface area contributed by atoms with E-state index in [9.17, 15) is 4.79 Å². The van der Waals surface area contributed by atoms with Gasteiger partial charge in [-0.2, -0.15) is 5.10 Å². The Bertz CT molecular complexity index is 333. The Labute approximate surface area is 88.8 Å². The van der Waals surface area contributed by atoms with Gasteiger partial charge in [-0.25, -0.2) is 15.5 Å². The van der Waals surface area contributed by atoms with Gasteiger partial charge >= 0.3 is 0 Å². The molecule has 1 aromatic rings. The van der Waals surface area contributed by atoms with Crippen LogP contribution in [0.25, 0.3) is 0 Å². The largest absolute Gasteiger partial charge is 0.294 e. The Balaban J connectivity index is 2.66. The lowest BCUT2D eigenvalue weighted by molar-refractivity contribution is -0.121. The highest BCUT2D eigenvalue weighted by Crippen LogP contribution is 2.01. The monoisotopic (exact) mass is 211 g/mol. The van der Waals surface area contributed by atoms with Gasteiger partial charge in [0, 0.05) is 19.3 Å². The summed E-state index contributed by atoms with van der Waals surface area (Å²) in [5, 5.41) is 4.29. The lowest BCUT2D eigenvalue weighted by Crippen LogP contribution is -2.30. The van der Waals surface area contributed by atoms with Gasteiger partial charge in [0.1, 0.15) is 5.82 Å². The van der Waals surface area contributed by atoms with E-state index in [0.29, 0.717) is 13.0 Å². The van der Waals surface area contributed by atoms with Crippen LogP contribution in [0, 0.1) is 0 Å². The Morgan fingerprint density at radius 2 is 2.20 bits per heavy atom. The molecule has 0 aliphatic carbocycles. The minimum absolute atomic E-state index is 0.189. The molecule has 0 saturated carbocycles. The molecule has 0 aliphatic heterocycles. The second kappa shape index (κ2) is 5.45. The maximum absolute atomic E-state index is 11.0. The Morgan fingerprint density at radius 1 is 1.47 bits per heavy atom. The fourth-order valence-electron chi connectivity index (χ4n) is 1.30. The first-order valence-corrected chi connectivity index (χ1v) is 5.13. The van der Waals surface area contributed by atoms with E-state index < -0.39 is 0 Å². The number of hydrazine groups is 1. The van der Waals surface area contributed by atoms with Gasteiger partial charge in [-0.1, -0.05) is 13.8 Å². The molecule has 1 heterocycles. The SMILES string of the molecule is CCc1nc(CC)n(CCC(=O)NN)n1. The zero-order chi connectivity index (χ0) is 11.3. The molecule has 6 nitrogen and oxygen atoms in total. The summed E-state index contributed by atoms with van der Waals surface area (Å²) in [6.07, 6.45) is 1.95. The highest BCUT2D eigenvalue weighted by Gasteiger charge is 2.08. The highest BCUT2D eigenvalue weighted by atomic mass is 16.2. The summed E-state index contributed by atoms with van der Waals surface area (Å²) in [6, 6.07) is 0. The van der Waals surface area contributed by atoms with E-state index in [4.69, 9.17) is 5.84 Å². The molecular formula is C9H17N5O. The number of carbonyl (C=O) groups is 1. The molecule has 3 N–H and O–H groups in total. The number of carbonyl (C=O) groups excluding carboxylic acids is 1. The highest BCUT2D eigenvalue weighted by molar-refractivity contribution is 5.74. The first-order chi connectivity index (χ1) is 7.21. The molecule has 0 aromatic carbocycles. The zero-order valence-corrected chi connectivity index (χ0v) is 9.16. The first kappa shape index (κ1) is 11.6. The van der Waals surface area contributed by atoms with Crippen LogP contribution in [0.4, 0.5) is 0 Å². The van der Waals surface area contributed by atoms with E-state index in [2.05, 4.69) is 15.5 Å². The van der Waals surface area contributed by atoms with Crippen LogP contribution >= 0.6 is 0 Å². The first-order valence-electron chi connectivity index (χ1n) is 5.13. The number of aryl methyl sites for hydroxylation is 3. The van der Waals surface area contributed by atoms with Crippen LogP contribution in [-0.4, -0.2) is 20.7 Å². The molecule has 84 valence electrons. The number of amides is 1. The number of aromatic nitrogens is 3. The summed E-state index contributed by atoms with van der Waals surface area (Å²) in [5.74, 6) is 6.54. The maximum atomic E-state index is 11.0. The summed E-state index contributed by atoms with van der Waals surface area (Å²) in [6.45, 7) is 4.55. The van der Waals surface area contributed by atoms with Crippen molar-refractivity contribution in [2.75, 3.05) is 0 Å². The molecule has 15 heavy (non-hydrogen) atoms. The lowest BCUT2D eigenvalue weighted by Gasteiger charge is -2.02. The number of hydrogen-bond donors (Lipinski definition) is 2. The molecule has 6 heteroatoms. The Morgan fingerprint density at radius 3 is 2.73 bits per heavy atom. The molecule has 0 atom stereocenters. The van der Waals surface area contributed by atoms with Crippen molar-refractivity contribution in [1.82, 2.24) is 20.2 Å². The van der Waals surface area contributed by atoms with Gasteiger partial charge in [0.05, 0.1) is 6.54 Å². The van der Waals surface area contributed by atoms with Crippen molar-refractivity contribution in [1.29, 1.82) is 0 Å². The van der Waals surface area contributed by atoms with Crippen LogP contribution in [0.5, 0.6) is 0 Å². The van der Waals surface area contributed by atoms with Gasteiger partial charge in [-0.3, -0.25) is 10.2 Å². The number of hydrogen-bond acceptors (Lipinski definition) is 4. The molecule has 1 amide bonds. The predicted octanol–water partition coefficient (Wildman–Crippen LogP) is -0.217. The molecule has 1 rings (SSSR count). The average Bonchev–Trinajstić information content (AvgIpc) is 2.68. The molecule has 0 aliphatic rings. The minimum Gasteiger partial charge on any atom is -0.294 e. The quantitative estimate of drug-likeness (QED) is 0.400. The summed E-state index contributed by atoms with van der Waals surface area (Å²) < 4.78 is 1.77. The van der Waals surface area contributed by atoms with Gasteiger partial charge in [0.2, 0.25) is 5.91 Å². The fourth-order valence-corrected chi connectivity index (χ4v) is 1.30. The molecule has 0 spiro atoms. The fraction of sp³-hybridized carbons (Fsp3) is 0.667. The third-order valence-corrected chi connectivity index (χ3v) is 2.14. The third-order valence-electron chi connectivity index (χ3n) is 2.14. The Hall–Kier alpha value is -1.43. The second-order valence-electron chi connectivity index (χ2n) is 3.19. The summed E-state index contributed by atoms with van der Waals surface area (Å²) in [5.41, 5.74) is 2.09. The van der Waals surface area contributed by atoms with Crippen molar-refractivity contribution in [3.8, 4) is 0 Å². The zero-order valence-electron chi connectivity index (χ0n) is 9.16. The van der Waals surface area contributed by atoms with E-state index in [1.54, 1.807) is 4.68 Å². The Kier molecular flexibility index (Phi) is 4.23. The van der Waals surface area contributed by atoms with Crippen LogP contribution in [-0.2, 0) is 24.2 Å². The van der Waals surface area contributed by atoms with Gasteiger partial charge in [-0.15, -0.1) is 0 Å². The smallest absolute Gasteiger partial charge is 0.235 e.